The third kappa shape index (κ3) is 7.31. The Morgan fingerprint density at radius 1 is 1.35 bits per heavy atom. The van der Waals surface area contributed by atoms with Gasteiger partial charge < -0.3 is 20.4 Å². The van der Waals surface area contributed by atoms with Crippen LogP contribution in [0.3, 0.4) is 0 Å². The highest BCUT2D eigenvalue weighted by atomic mass is 16.1. The highest BCUT2D eigenvalue weighted by molar-refractivity contribution is 5.75. The first kappa shape index (κ1) is 14.4. The Kier molecular flexibility index (Phi) is 7.16. The summed E-state index contributed by atoms with van der Waals surface area (Å²) in [4.78, 5) is 16.0. The maximum absolute atomic E-state index is 11.5. The smallest absolute Gasteiger partial charge is 0.220 e. The molecule has 1 aliphatic heterocycles. The molecule has 0 aliphatic carbocycles. The molecule has 0 aromatic carbocycles. The topological polar surface area (TPSA) is 47.6 Å². The van der Waals surface area contributed by atoms with Crippen molar-refractivity contribution in [1.82, 2.24) is 20.4 Å². The third-order valence-electron chi connectivity index (χ3n) is 2.97. The fraction of sp³-hybridized carbons (Fsp3) is 0.917. The molecule has 1 rings (SSSR count). The number of hydrogen-bond acceptors (Lipinski definition) is 4. The van der Waals surface area contributed by atoms with Crippen molar-refractivity contribution in [2.45, 2.75) is 12.8 Å². The van der Waals surface area contributed by atoms with Crippen LogP contribution >= 0.6 is 0 Å². The Hall–Kier alpha value is -0.650. The van der Waals surface area contributed by atoms with Crippen LogP contribution in [0.2, 0.25) is 0 Å². The largest absolute Gasteiger partial charge is 0.355 e. The predicted molar refractivity (Wildman–Crippen MR) is 70.1 cm³/mol. The highest BCUT2D eigenvalue weighted by Gasteiger charge is 2.09. The number of nitrogens with zero attached hydrogens (tertiary/aromatic N) is 2. The number of amides is 1. The molecule has 0 unspecified atom stereocenters. The summed E-state index contributed by atoms with van der Waals surface area (Å²) in [7, 11) is 4.02. The van der Waals surface area contributed by atoms with E-state index in [2.05, 4.69) is 20.4 Å². The SMILES string of the molecule is CN(C)CCNC(=O)CCCN1CCNCC1. The van der Waals surface area contributed by atoms with E-state index in [-0.39, 0.29) is 5.91 Å². The fourth-order valence-electron chi connectivity index (χ4n) is 1.91. The van der Waals surface area contributed by atoms with Crippen LogP contribution in [-0.4, -0.2) is 75.6 Å². The van der Waals surface area contributed by atoms with Crippen LogP contribution in [0.15, 0.2) is 0 Å². The molecule has 1 aliphatic rings. The molecular formula is C12H26N4O. The van der Waals surface area contributed by atoms with Crippen molar-refractivity contribution in [1.29, 1.82) is 0 Å². The molecule has 2 N–H and O–H groups in total. The van der Waals surface area contributed by atoms with Crippen molar-refractivity contribution < 1.29 is 4.79 Å². The van der Waals surface area contributed by atoms with E-state index >= 15 is 0 Å². The molecule has 100 valence electrons. The molecule has 0 saturated carbocycles. The van der Waals surface area contributed by atoms with E-state index in [4.69, 9.17) is 0 Å². The normalized spacial score (nSPS) is 17.4. The lowest BCUT2D eigenvalue weighted by molar-refractivity contribution is -0.121. The van der Waals surface area contributed by atoms with E-state index < -0.39 is 0 Å². The Balaban J connectivity index is 1.95. The number of piperazine rings is 1. The third-order valence-corrected chi connectivity index (χ3v) is 2.97. The Morgan fingerprint density at radius 3 is 2.71 bits per heavy atom. The van der Waals surface area contributed by atoms with Crippen molar-refractivity contribution in [3.8, 4) is 0 Å². The number of hydrogen-bond donors (Lipinski definition) is 2. The molecule has 0 bridgehead atoms. The molecule has 1 saturated heterocycles. The van der Waals surface area contributed by atoms with Crippen LogP contribution in [0.1, 0.15) is 12.8 Å². The van der Waals surface area contributed by atoms with Gasteiger partial charge in [-0.3, -0.25) is 4.79 Å². The molecule has 0 aromatic rings. The number of carbonyl (C=O) groups is 1. The summed E-state index contributed by atoms with van der Waals surface area (Å²) in [5.41, 5.74) is 0. The quantitative estimate of drug-likeness (QED) is 0.623. The van der Waals surface area contributed by atoms with Crippen molar-refractivity contribution in [2.24, 2.45) is 0 Å². The average Bonchev–Trinajstić information content (AvgIpc) is 2.30. The van der Waals surface area contributed by atoms with Crippen LogP contribution < -0.4 is 10.6 Å². The first-order valence-corrected chi connectivity index (χ1v) is 6.53. The van der Waals surface area contributed by atoms with Gasteiger partial charge in [0, 0.05) is 45.7 Å². The first-order valence-electron chi connectivity index (χ1n) is 6.53. The molecule has 5 nitrogen and oxygen atoms in total. The van der Waals surface area contributed by atoms with Gasteiger partial charge in [0.15, 0.2) is 0 Å². The zero-order valence-corrected chi connectivity index (χ0v) is 11.2. The minimum atomic E-state index is 0.182. The van der Waals surface area contributed by atoms with Gasteiger partial charge in [0.1, 0.15) is 0 Å². The van der Waals surface area contributed by atoms with Crippen LogP contribution in [-0.2, 0) is 4.79 Å². The standard InChI is InChI=1S/C12H26N4O/c1-15(2)9-7-14-12(17)4-3-8-16-10-5-13-6-11-16/h13H,3-11H2,1-2H3,(H,14,17). The van der Waals surface area contributed by atoms with Crippen LogP contribution in [0.4, 0.5) is 0 Å². The summed E-state index contributed by atoms with van der Waals surface area (Å²) < 4.78 is 0. The summed E-state index contributed by atoms with van der Waals surface area (Å²) in [6.45, 7) is 7.08. The molecule has 0 radical (unpaired) electrons. The predicted octanol–water partition coefficient (Wildman–Crippen LogP) is -0.650. The van der Waals surface area contributed by atoms with Gasteiger partial charge in [0.2, 0.25) is 5.91 Å². The molecule has 1 heterocycles. The number of rotatable bonds is 7. The molecule has 17 heavy (non-hydrogen) atoms. The second-order valence-corrected chi connectivity index (χ2v) is 4.85. The minimum absolute atomic E-state index is 0.182. The van der Waals surface area contributed by atoms with Crippen molar-refractivity contribution in [3.63, 3.8) is 0 Å². The van der Waals surface area contributed by atoms with Crippen LogP contribution in [0.5, 0.6) is 0 Å². The van der Waals surface area contributed by atoms with Crippen molar-refractivity contribution in [2.75, 3.05) is 59.9 Å². The second kappa shape index (κ2) is 8.44. The summed E-state index contributed by atoms with van der Waals surface area (Å²) >= 11 is 0. The minimum Gasteiger partial charge on any atom is -0.355 e. The second-order valence-electron chi connectivity index (χ2n) is 4.85. The van der Waals surface area contributed by atoms with E-state index in [1.54, 1.807) is 0 Å². The number of nitrogens with one attached hydrogen (secondary N) is 2. The average molecular weight is 242 g/mol. The maximum atomic E-state index is 11.5. The van der Waals surface area contributed by atoms with E-state index in [0.29, 0.717) is 6.42 Å². The zero-order valence-electron chi connectivity index (χ0n) is 11.2. The van der Waals surface area contributed by atoms with Gasteiger partial charge in [-0.25, -0.2) is 0 Å². The van der Waals surface area contributed by atoms with Gasteiger partial charge in [-0.15, -0.1) is 0 Å². The van der Waals surface area contributed by atoms with Crippen LogP contribution in [0.25, 0.3) is 0 Å². The molecule has 0 atom stereocenters. The van der Waals surface area contributed by atoms with Gasteiger partial charge in [-0.1, -0.05) is 0 Å². The van der Waals surface area contributed by atoms with Gasteiger partial charge in [-0.05, 0) is 27.1 Å². The van der Waals surface area contributed by atoms with Crippen molar-refractivity contribution >= 4 is 5.91 Å². The maximum Gasteiger partial charge on any atom is 0.220 e. The molecular weight excluding hydrogens is 216 g/mol. The van der Waals surface area contributed by atoms with Gasteiger partial charge in [-0.2, -0.15) is 0 Å². The molecule has 1 fully saturated rings. The number of carbonyl (C=O) groups excluding carboxylic acids is 1. The van der Waals surface area contributed by atoms with Crippen LogP contribution in [0, 0.1) is 0 Å². The van der Waals surface area contributed by atoms with E-state index in [1.807, 2.05) is 14.1 Å². The molecule has 1 amide bonds. The van der Waals surface area contributed by atoms with E-state index in [1.165, 1.54) is 0 Å². The van der Waals surface area contributed by atoms with Gasteiger partial charge >= 0.3 is 0 Å². The molecule has 5 heteroatoms. The first-order chi connectivity index (χ1) is 8.18. The lowest BCUT2D eigenvalue weighted by Gasteiger charge is -2.26. The van der Waals surface area contributed by atoms with Crippen molar-refractivity contribution in [3.05, 3.63) is 0 Å². The van der Waals surface area contributed by atoms with Gasteiger partial charge in [0.05, 0.1) is 0 Å². The fourth-order valence-corrected chi connectivity index (χ4v) is 1.91. The summed E-state index contributed by atoms with van der Waals surface area (Å²) in [5.74, 6) is 0.182. The number of likely N-dealkylation sites (N-methyl/N-ethyl adjacent to an activating group) is 1. The highest BCUT2D eigenvalue weighted by Crippen LogP contribution is 1.97. The summed E-state index contributed by atoms with van der Waals surface area (Å²) in [6.07, 6.45) is 1.62. The Morgan fingerprint density at radius 2 is 2.06 bits per heavy atom. The van der Waals surface area contributed by atoms with Gasteiger partial charge in [0.25, 0.3) is 0 Å². The Bertz CT molecular complexity index is 215. The lowest BCUT2D eigenvalue weighted by Crippen LogP contribution is -2.44. The summed E-state index contributed by atoms with van der Waals surface area (Å²) in [5, 5.41) is 6.27. The Labute approximate surface area is 105 Å². The molecule has 0 spiro atoms. The summed E-state index contributed by atoms with van der Waals surface area (Å²) in [6, 6.07) is 0. The molecule has 0 aromatic heterocycles. The zero-order chi connectivity index (χ0) is 12.5. The monoisotopic (exact) mass is 242 g/mol. The lowest BCUT2D eigenvalue weighted by atomic mass is 10.2. The van der Waals surface area contributed by atoms with E-state index in [9.17, 15) is 4.79 Å². The van der Waals surface area contributed by atoms with E-state index in [0.717, 1.165) is 52.2 Å².